The Bertz CT molecular complexity index is 588. The van der Waals surface area contributed by atoms with Crippen LogP contribution in [0.5, 0.6) is 0 Å². The van der Waals surface area contributed by atoms with Gasteiger partial charge in [0.05, 0.1) is 0 Å². The van der Waals surface area contributed by atoms with Crippen molar-refractivity contribution in [2.24, 2.45) is 5.73 Å². The van der Waals surface area contributed by atoms with Crippen LogP contribution in [-0.2, 0) is 19.6 Å². The maximum absolute atomic E-state index is 5.67. The minimum Gasteiger partial charge on any atom is -0.326 e. The summed E-state index contributed by atoms with van der Waals surface area (Å²) in [6.45, 7) is 8.94. The maximum atomic E-state index is 5.67. The molecule has 0 bridgehead atoms. The Morgan fingerprint density at radius 1 is 0.900 bits per heavy atom. The van der Waals surface area contributed by atoms with Gasteiger partial charge in [0, 0.05) is 19.6 Å². The third-order valence-electron chi connectivity index (χ3n) is 4.04. The fourth-order valence-corrected chi connectivity index (χ4v) is 2.41. The van der Waals surface area contributed by atoms with Gasteiger partial charge >= 0.3 is 0 Å². The van der Waals surface area contributed by atoms with Crippen LogP contribution in [0.2, 0.25) is 0 Å². The number of nitrogens with two attached hydrogens (primary N) is 1. The molecule has 0 heterocycles. The van der Waals surface area contributed by atoms with E-state index in [4.69, 9.17) is 5.73 Å². The van der Waals surface area contributed by atoms with Gasteiger partial charge in [0.1, 0.15) is 0 Å². The fraction of sp³-hybridized carbons (Fsp3) is 0.333. The molecule has 2 heteroatoms. The summed E-state index contributed by atoms with van der Waals surface area (Å²) >= 11 is 0. The smallest absolute Gasteiger partial charge is 0.0211 e. The predicted octanol–water partition coefficient (Wildman–Crippen LogP) is 3.36. The van der Waals surface area contributed by atoms with Gasteiger partial charge in [-0.05, 0) is 54.2 Å². The van der Waals surface area contributed by atoms with Crippen molar-refractivity contribution in [3.8, 4) is 0 Å². The molecule has 0 saturated carbocycles. The van der Waals surface area contributed by atoms with Crippen molar-refractivity contribution in [3.05, 3.63) is 69.8 Å². The van der Waals surface area contributed by atoms with Crippen LogP contribution >= 0.6 is 0 Å². The number of benzene rings is 2. The number of rotatable bonds is 5. The van der Waals surface area contributed by atoms with E-state index in [-0.39, 0.29) is 0 Å². The van der Waals surface area contributed by atoms with Crippen LogP contribution in [0.4, 0.5) is 0 Å². The van der Waals surface area contributed by atoms with E-state index < -0.39 is 0 Å². The van der Waals surface area contributed by atoms with Crippen molar-refractivity contribution in [3.63, 3.8) is 0 Å². The van der Waals surface area contributed by atoms with E-state index >= 15 is 0 Å². The van der Waals surface area contributed by atoms with Gasteiger partial charge in [-0.2, -0.15) is 0 Å². The van der Waals surface area contributed by atoms with Gasteiger partial charge in [0.2, 0.25) is 0 Å². The summed E-state index contributed by atoms with van der Waals surface area (Å²) < 4.78 is 0. The molecular formula is C18H24N2. The molecule has 2 aromatic rings. The molecule has 2 rings (SSSR count). The fourth-order valence-electron chi connectivity index (χ4n) is 2.41. The lowest BCUT2D eigenvalue weighted by atomic mass is 9.99. The van der Waals surface area contributed by atoms with E-state index in [2.05, 4.69) is 62.5 Å². The summed E-state index contributed by atoms with van der Waals surface area (Å²) in [6.07, 6.45) is 0. The molecular weight excluding hydrogens is 244 g/mol. The summed E-state index contributed by atoms with van der Waals surface area (Å²) in [5.74, 6) is 0. The largest absolute Gasteiger partial charge is 0.326 e. The Morgan fingerprint density at radius 3 is 2.40 bits per heavy atom. The highest BCUT2D eigenvalue weighted by Crippen LogP contribution is 2.17. The van der Waals surface area contributed by atoms with Crippen molar-refractivity contribution in [2.45, 2.75) is 40.4 Å². The van der Waals surface area contributed by atoms with E-state index in [0.29, 0.717) is 6.54 Å². The topological polar surface area (TPSA) is 38.0 Å². The number of nitrogens with one attached hydrogen (secondary N) is 1. The molecule has 106 valence electrons. The molecule has 0 aliphatic rings. The van der Waals surface area contributed by atoms with Gasteiger partial charge < -0.3 is 11.1 Å². The molecule has 0 aliphatic carbocycles. The highest BCUT2D eigenvalue weighted by atomic mass is 14.8. The standard InChI is InChI=1S/C18H24N2/c1-13-7-8-18(15(3)14(13)2)12-20-11-17-6-4-5-16(9-17)10-19/h4-9,20H,10-12,19H2,1-3H3. The maximum Gasteiger partial charge on any atom is 0.0211 e. The molecule has 0 amide bonds. The van der Waals surface area contributed by atoms with E-state index in [9.17, 15) is 0 Å². The molecule has 0 aromatic heterocycles. The molecule has 0 radical (unpaired) electrons. The predicted molar refractivity (Wildman–Crippen MR) is 85.5 cm³/mol. The second-order valence-electron chi connectivity index (χ2n) is 5.42. The van der Waals surface area contributed by atoms with Gasteiger partial charge in [-0.15, -0.1) is 0 Å². The van der Waals surface area contributed by atoms with Crippen LogP contribution in [0.15, 0.2) is 36.4 Å². The molecule has 20 heavy (non-hydrogen) atoms. The van der Waals surface area contributed by atoms with Crippen LogP contribution in [0.25, 0.3) is 0 Å². The van der Waals surface area contributed by atoms with Crippen molar-refractivity contribution in [2.75, 3.05) is 0 Å². The zero-order valence-electron chi connectivity index (χ0n) is 12.7. The molecule has 0 aliphatic heterocycles. The number of hydrogen-bond donors (Lipinski definition) is 2. The van der Waals surface area contributed by atoms with E-state index in [1.807, 2.05) is 0 Å². The van der Waals surface area contributed by atoms with Gasteiger partial charge in [-0.3, -0.25) is 0 Å². The lowest BCUT2D eigenvalue weighted by molar-refractivity contribution is 0.689. The molecule has 0 atom stereocenters. The van der Waals surface area contributed by atoms with Crippen molar-refractivity contribution >= 4 is 0 Å². The van der Waals surface area contributed by atoms with Gasteiger partial charge in [-0.1, -0.05) is 36.4 Å². The monoisotopic (exact) mass is 268 g/mol. The number of aryl methyl sites for hydroxylation is 1. The third kappa shape index (κ3) is 3.47. The first kappa shape index (κ1) is 14.8. The van der Waals surface area contributed by atoms with E-state index in [1.165, 1.54) is 33.4 Å². The second kappa shape index (κ2) is 6.69. The zero-order valence-corrected chi connectivity index (χ0v) is 12.7. The van der Waals surface area contributed by atoms with Crippen LogP contribution < -0.4 is 11.1 Å². The van der Waals surface area contributed by atoms with Crippen LogP contribution in [0.1, 0.15) is 33.4 Å². The highest BCUT2D eigenvalue weighted by molar-refractivity contribution is 5.38. The average Bonchev–Trinajstić information content (AvgIpc) is 2.47. The Labute approximate surface area is 122 Å². The molecule has 2 aromatic carbocycles. The summed E-state index contributed by atoms with van der Waals surface area (Å²) in [7, 11) is 0. The Hall–Kier alpha value is -1.64. The summed E-state index contributed by atoms with van der Waals surface area (Å²) in [5.41, 5.74) is 13.7. The molecule has 3 N–H and O–H groups in total. The second-order valence-corrected chi connectivity index (χ2v) is 5.42. The first-order valence-corrected chi connectivity index (χ1v) is 7.16. The quantitative estimate of drug-likeness (QED) is 0.872. The highest BCUT2D eigenvalue weighted by Gasteiger charge is 2.03. The summed E-state index contributed by atoms with van der Waals surface area (Å²) in [5, 5.41) is 3.52. The summed E-state index contributed by atoms with van der Waals surface area (Å²) in [6, 6.07) is 12.9. The molecule has 2 nitrogen and oxygen atoms in total. The first-order chi connectivity index (χ1) is 9.61. The lowest BCUT2D eigenvalue weighted by Crippen LogP contribution is -2.14. The first-order valence-electron chi connectivity index (χ1n) is 7.16. The zero-order chi connectivity index (χ0) is 14.5. The lowest BCUT2D eigenvalue weighted by Gasteiger charge is -2.12. The van der Waals surface area contributed by atoms with Crippen molar-refractivity contribution < 1.29 is 0 Å². The summed E-state index contributed by atoms with van der Waals surface area (Å²) in [4.78, 5) is 0. The van der Waals surface area contributed by atoms with Crippen molar-refractivity contribution in [1.29, 1.82) is 0 Å². The SMILES string of the molecule is Cc1ccc(CNCc2cccc(CN)c2)c(C)c1C. The van der Waals surface area contributed by atoms with E-state index in [0.717, 1.165) is 13.1 Å². The van der Waals surface area contributed by atoms with Crippen LogP contribution in [-0.4, -0.2) is 0 Å². The van der Waals surface area contributed by atoms with Crippen molar-refractivity contribution in [1.82, 2.24) is 5.32 Å². The van der Waals surface area contributed by atoms with E-state index in [1.54, 1.807) is 0 Å². The average molecular weight is 268 g/mol. The molecule has 0 fully saturated rings. The molecule has 0 unspecified atom stereocenters. The Morgan fingerprint density at radius 2 is 1.65 bits per heavy atom. The van der Waals surface area contributed by atoms with Crippen LogP contribution in [0, 0.1) is 20.8 Å². The molecule has 0 saturated heterocycles. The van der Waals surface area contributed by atoms with Gasteiger partial charge in [-0.25, -0.2) is 0 Å². The number of hydrogen-bond acceptors (Lipinski definition) is 2. The normalized spacial score (nSPS) is 10.8. The third-order valence-corrected chi connectivity index (χ3v) is 4.04. The minimum atomic E-state index is 0.601. The Kier molecular flexibility index (Phi) is 4.94. The Balaban J connectivity index is 1.97. The van der Waals surface area contributed by atoms with Gasteiger partial charge in [0.15, 0.2) is 0 Å². The van der Waals surface area contributed by atoms with Gasteiger partial charge in [0.25, 0.3) is 0 Å². The molecule has 0 spiro atoms. The van der Waals surface area contributed by atoms with Crippen LogP contribution in [0.3, 0.4) is 0 Å². The minimum absolute atomic E-state index is 0.601.